The van der Waals surface area contributed by atoms with E-state index in [1.165, 1.54) is 7.11 Å². The number of methoxy groups -OCH3 is 1. The molecule has 21 heavy (non-hydrogen) atoms. The number of aryl methyl sites for hydroxylation is 1. The molecule has 0 radical (unpaired) electrons. The molecule has 1 rings (SSSR count). The molecule has 0 unspecified atom stereocenters. The van der Waals surface area contributed by atoms with E-state index in [-0.39, 0.29) is 11.9 Å². The standard InChI is InChI=1S/C15H23NO5/c1-6-20-15(18)13(9(2)3)16-8-11-7-12(10(4)21-11)14(17)19-5/h7,9,13,16H,6,8H2,1-5H3/t13-/m1/s1. The zero-order chi connectivity index (χ0) is 16.0. The summed E-state index contributed by atoms with van der Waals surface area (Å²) in [5.41, 5.74) is 0.395. The van der Waals surface area contributed by atoms with Gasteiger partial charge in [-0.15, -0.1) is 0 Å². The quantitative estimate of drug-likeness (QED) is 0.776. The molecule has 0 amide bonds. The number of ether oxygens (including phenoxy) is 2. The number of hydrogen-bond donors (Lipinski definition) is 1. The molecule has 1 N–H and O–H groups in total. The van der Waals surface area contributed by atoms with E-state index >= 15 is 0 Å². The van der Waals surface area contributed by atoms with Crippen LogP contribution in [0.15, 0.2) is 10.5 Å². The highest BCUT2D eigenvalue weighted by molar-refractivity contribution is 5.90. The largest absolute Gasteiger partial charge is 0.465 e. The van der Waals surface area contributed by atoms with Crippen molar-refractivity contribution in [1.29, 1.82) is 0 Å². The Labute approximate surface area is 124 Å². The maximum Gasteiger partial charge on any atom is 0.341 e. The SMILES string of the molecule is CCOC(=O)[C@H](NCc1cc(C(=O)OC)c(C)o1)C(C)C. The molecule has 0 aromatic carbocycles. The van der Waals surface area contributed by atoms with Crippen LogP contribution in [0.4, 0.5) is 0 Å². The fourth-order valence-corrected chi connectivity index (χ4v) is 1.98. The van der Waals surface area contributed by atoms with Crippen molar-refractivity contribution in [2.45, 2.75) is 40.3 Å². The third kappa shape index (κ3) is 4.60. The van der Waals surface area contributed by atoms with Crippen LogP contribution in [0.2, 0.25) is 0 Å². The van der Waals surface area contributed by atoms with Crippen molar-refractivity contribution in [3.8, 4) is 0 Å². The number of rotatable bonds is 7. The minimum Gasteiger partial charge on any atom is -0.465 e. The summed E-state index contributed by atoms with van der Waals surface area (Å²) in [6, 6.07) is 1.20. The predicted molar refractivity (Wildman–Crippen MR) is 76.9 cm³/mol. The van der Waals surface area contributed by atoms with E-state index in [4.69, 9.17) is 9.15 Å². The average molecular weight is 297 g/mol. The van der Waals surface area contributed by atoms with Crippen molar-refractivity contribution in [3.05, 3.63) is 23.2 Å². The van der Waals surface area contributed by atoms with Gasteiger partial charge in [0, 0.05) is 0 Å². The normalized spacial score (nSPS) is 12.3. The fourth-order valence-electron chi connectivity index (χ4n) is 1.98. The number of hydrogen-bond acceptors (Lipinski definition) is 6. The minimum atomic E-state index is -0.437. The Hall–Kier alpha value is -1.82. The Morgan fingerprint density at radius 1 is 1.38 bits per heavy atom. The average Bonchev–Trinajstić information content (AvgIpc) is 2.79. The summed E-state index contributed by atoms with van der Waals surface area (Å²) in [4.78, 5) is 23.4. The highest BCUT2D eigenvalue weighted by Gasteiger charge is 2.24. The molecule has 0 aliphatic rings. The van der Waals surface area contributed by atoms with Crippen molar-refractivity contribution in [2.75, 3.05) is 13.7 Å². The Balaban J connectivity index is 2.72. The maximum absolute atomic E-state index is 11.8. The molecule has 0 saturated heterocycles. The first-order valence-corrected chi connectivity index (χ1v) is 6.98. The van der Waals surface area contributed by atoms with Gasteiger partial charge < -0.3 is 13.9 Å². The van der Waals surface area contributed by atoms with Gasteiger partial charge in [0.05, 0.1) is 20.3 Å². The van der Waals surface area contributed by atoms with E-state index in [1.807, 2.05) is 13.8 Å². The summed E-state index contributed by atoms with van der Waals surface area (Å²) in [5.74, 6) is 0.427. The van der Waals surface area contributed by atoms with E-state index in [1.54, 1.807) is 19.9 Å². The topological polar surface area (TPSA) is 77.8 Å². The number of carbonyl (C=O) groups excluding carboxylic acids is 2. The van der Waals surface area contributed by atoms with Crippen LogP contribution in [0.25, 0.3) is 0 Å². The summed E-state index contributed by atoms with van der Waals surface area (Å²) in [5, 5.41) is 3.10. The minimum absolute atomic E-state index is 0.0835. The molecule has 0 bridgehead atoms. The molecule has 6 heteroatoms. The second kappa shape index (κ2) is 7.83. The van der Waals surface area contributed by atoms with Crippen LogP contribution >= 0.6 is 0 Å². The number of furan rings is 1. The van der Waals surface area contributed by atoms with Crippen LogP contribution < -0.4 is 5.32 Å². The molecule has 1 aromatic rings. The first-order valence-electron chi connectivity index (χ1n) is 6.98. The molecule has 0 saturated carbocycles. The van der Waals surface area contributed by atoms with Crippen molar-refractivity contribution < 1.29 is 23.5 Å². The van der Waals surface area contributed by atoms with E-state index in [2.05, 4.69) is 10.1 Å². The predicted octanol–water partition coefficient (Wildman–Crippen LogP) is 2.05. The second-order valence-corrected chi connectivity index (χ2v) is 5.03. The Kier molecular flexibility index (Phi) is 6.42. The first-order chi connectivity index (χ1) is 9.90. The molecular formula is C15H23NO5. The van der Waals surface area contributed by atoms with Gasteiger partial charge in [0.15, 0.2) is 0 Å². The van der Waals surface area contributed by atoms with Gasteiger partial charge in [-0.05, 0) is 25.8 Å². The molecule has 1 heterocycles. The van der Waals surface area contributed by atoms with Crippen molar-refractivity contribution in [3.63, 3.8) is 0 Å². The lowest BCUT2D eigenvalue weighted by Crippen LogP contribution is -2.41. The van der Waals surface area contributed by atoms with E-state index in [0.717, 1.165) is 0 Å². The molecule has 1 aromatic heterocycles. The van der Waals surface area contributed by atoms with Gasteiger partial charge in [-0.2, -0.15) is 0 Å². The number of carbonyl (C=O) groups is 2. The van der Waals surface area contributed by atoms with Gasteiger partial charge in [0.2, 0.25) is 0 Å². The molecule has 0 fully saturated rings. The molecule has 118 valence electrons. The Bertz CT molecular complexity index is 492. The van der Waals surface area contributed by atoms with Crippen LogP contribution in [0.5, 0.6) is 0 Å². The third-order valence-corrected chi connectivity index (χ3v) is 3.08. The zero-order valence-corrected chi connectivity index (χ0v) is 13.2. The summed E-state index contributed by atoms with van der Waals surface area (Å²) in [6.45, 7) is 8.01. The molecule has 6 nitrogen and oxygen atoms in total. The summed E-state index contributed by atoms with van der Waals surface area (Å²) >= 11 is 0. The van der Waals surface area contributed by atoms with Gasteiger partial charge in [0.25, 0.3) is 0 Å². The van der Waals surface area contributed by atoms with Crippen LogP contribution in [0.3, 0.4) is 0 Å². The van der Waals surface area contributed by atoms with Crippen LogP contribution in [0.1, 0.15) is 42.6 Å². The Morgan fingerprint density at radius 3 is 2.57 bits per heavy atom. The van der Waals surface area contributed by atoms with Gasteiger partial charge in [-0.25, -0.2) is 4.79 Å². The van der Waals surface area contributed by atoms with E-state index in [9.17, 15) is 9.59 Å². The fraction of sp³-hybridized carbons (Fsp3) is 0.600. The lowest BCUT2D eigenvalue weighted by molar-refractivity contribution is -0.146. The molecular weight excluding hydrogens is 274 g/mol. The highest BCUT2D eigenvalue weighted by atomic mass is 16.5. The summed E-state index contributed by atoms with van der Waals surface area (Å²) in [6.07, 6.45) is 0. The Morgan fingerprint density at radius 2 is 2.05 bits per heavy atom. The second-order valence-electron chi connectivity index (χ2n) is 5.03. The molecule has 1 atom stereocenters. The molecule has 0 aliphatic heterocycles. The first kappa shape index (κ1) is 17.2. The van der Waals surface area contributed by atoms with Gasteiger partial charge in [-0.1, -0.05) is 13.8 Å². The van der Waals surface area contributed by atoms with E-state index in [0.29, 0.717) is 30.2 Å². The van der Waals surface area contributed by atoms with Crippen molar-refractivity contribution in [2.24, 2.45) is 5.92 Å². The van der Waals surface area contributed by atoms with Gasteiger partial charge >= 0.3 is 11.9 Å². The monoisotopic (exact) mass is 297 g/mol. The van der Waals surface area contributed by atoms with E-state index < -0.39 is 12.0 Å². The van der Waals surface area contributed by atoms with Crippen LogP contribution in [0, 0.1) is 12.8 Å². The summed E-state index contributed by atoms with van der Waals surface area (Å²) in [7, 11) is 1.32. The summed E-state index contributed by atoms with van der Waals surface area (Å²) < 4.78 is 15.2. The number of nitrogens with one attached hydrogen (secondary N) is 1. The highest BCUT2D eigenvalue weighted by Crippen LogP contribution is 2.16. The zero-order valence-electron chi connectivity index (χ0n) is 13.2. The molecule has 0 spiro atoms. The van der Waals surface area contributed by atoms with Gasteiger partial charge in [0.1, 0.15) is 23.1 Å². The lowest BCUT2D eigenvalue weighted by Gasteiger charge is -2.19. The van der Waals surface area contributed by atoms with Crippen LogP contribution in [-0.4, -0.2) is 31.7 Å². The number of esters is 2. The molecule has 0 aliphatic carbocycles. The smallest absolute Gasteiger partial charge is 0.341 e. The third-order valence-electron chi connectivity index (χ3n) is 3.08. The van der Waals surface area contributed by atoms with Crippen molar-refractivity contribution >= 4 is 11.9 Å². The van der Waals surface area contributed by atoms with Gasteiger partial charge in [-0.3, -0.25) is 10.1 Å². The van der Waals surface area contributed by atoms with Crippen molar-refractivity contribution in [1.82, 2.24) is 5.32 Å². The van der Waals surface area contributed by atoms with Crippen LogP contribution in [-0.2, 0) is 20.8 Å². The maximum atomic E-state index is 11.8. The lowest BCUT2D eigenvalue weighted by atomic mass is 10.0.